The monoisotopic (exact) mass is 339 g/mol. The summed E-state index contributed by atoms with van der Waals surface area (Å²) in [6.07, 6.45) is 0.610. The van der Waals surface area contributed by atoms with E-state index in [9.17, 15) is 13.6 Å². The predicted molar refractivity (Wildman–Crippen MR) is 88.1 cm³/mol. The van der Waals surface area contributed by atoms with Crippen LogP contribution in [-0.4, -0.2) is 49.0 Å². The minimum Gasteiger partial charge on any atom is -0.378 e. The van der Waals surface area contributed by atoms with Crippen LogP contribution in [0.15, 0.2) is 12.1 Å². The number of aromatic nitrogens is 1. The van der Waals surface area contributed by atoms with Crippen LogP contribution in [0.25, 0.3) is 0 Å². The van der Waals surface area contributed by atoms with Gasteiger partial charge in [0.2, 0.25) is 5.92 Å². The largest absolute Gasteiger partial charge is 0.378 e. The molecule has 1 aromatic rings. The van der Waals surface area contributed by atoms with Crippen molar-refractivity contribution in [2.24, 2.45) is 0 Å². The molecule has 2 heterocycles. The second kappa shape index (κ2) is 7.01. The van der Waals surface area contributed by atoms with Gasteiger partial charge in [0.05, 0.1) is 13.2 Å². The van der Waals surface area contributed by atoms with Crippen LogP contribution < -0.4 is 10.2 Å². The van der Waals surface area contributed by atoms with Crippen LogP contribution in [0.1, 0.15) is 43.1 Å². The lowest BCUT2D eigenvalue weighted by Gasteiger charge is -2.31. The van der Waals surface area contributed by atoms with E-state index >= 15 is 0 Å². The lowest BCUT2D eigenvalue weighted by Crippen LogP contribution is -2.36. The van der Waals surface area contributed by atoms with Crippen molar-refractivity contribution in [3.05, 3.63) is 17.8 Å². The molecule has 5 nitrogen and oxygen atoms in total. The van der Waals surface area contributed by atoms with Crippen molar-refractivity contribution in [3.8, 4) is 0 Å². The molecule has 0 amide bonds. The number of morpholine rings is 1. The summed E-state index contributed by atoms with van der Waals surface area (Å²) in [5.74, 6) is -2.08. The summed E-state index contributed by atoms with van der Waals surface area (Å²) in [7, 11) is 0. The Kier molecular flexibility index (Phi) is 4.99. The second-order valence-corrected chi connectivity index (χ2v) is 6.53. The molecule has 0 radical (unpaired) electrons. The van der Waals surface area contributed by atoms with E-state index in [1.165, 1.54) is 6.92 Å². The maximum absolute atomic E-state index is 13.3. The Balaban J connectivity index is 1.76. The Morgan fingerprint density at radius 2 is 1.96 bits per heavy atom. The van der Waals surface area contributed by atoms with Crippen molar-refractivity contribution in [2.75, 3.05) is 36.5 Å². The van der Waals surface area contributed by atoms with Gasteiger partial charge in [-0.2, -0.15) is 0 Å². The number of alkyl halides is 2. The second-order valence-electron chi connectivity index (χ2n) is 6.53. The van der Waals surface area contributed by atoms with Gasteiger partial charge in [-0.1, -0.05) is 0 Å². The van der Waals surface area contributed by atoms with Crippen molar-refractivity contribution < 1.29 is 18.3 Å². The normalized spacial score (nSPS) is 21.5. The van der Waals surface area contributed by atoms with Gasteiger partial charge in [0.15, 0.2) is 5.78 Å². The Hall–Kier alpha value is -1.76. The number of pyridine rings is 1. The van der Waals surface area contributed by atoms with Crippen LogP contribution in [0.2, 0.25) is 0 Å². The fourth-order valence-electron chi connectivity index (χ4n) is 3.17. The number of nitrogens with zero attached hydrogens (tertiary/aromatic N) is 2. The average Bonchev–Trinajstić information content (AvgIpc) is 2.57. The number of carbonyl (C=O) groups is 1. The molecule has 132 valence electrons. The van der Waals surface area contributed by atoms with Gasteiger partial charge in [-0.15, -0.1) is 0 Å². The van der Waals surface area contributed by atoms with E-state index in [4.69, 9.17) is 4.74 Å². The minimum atomic E-state index is -2.55. The first kappa shape index (κ1) is 17.1. The number of hydrogen-bond donors (Lipinski definition) is 1. The number of hydrogen-bond acceptors (Lipinski definition) is 5. The van der Waals surface area contributed by atoms with Gasteiger partial charge in [0.25, 0.3) is 0 Å². The number of rotatable bonds is 4. The summed E-state index contributed by atoms with van der Waals surface area (Å²) in [4.78, 5) is 18.3. The number of nitrogens with one attached hydrogen (secondary N) is 1. The van der Waals surface area contributed by atoms with Crippen molar-refractivity contribution in [3.63, 3.8) is 0 Å². The highest BCUT2D eigenvalue weighted by molar-refractivity contribution is 5.93. The molecule has 1 saturated heterocycles. The third-order valence-corrected chi connectivity index (χ3v) is 4.62. The molecule has 7 heteroatoms. The maximum Gasteiger partial charge on any atom is 0.248 e. The van der Waals surface area contributed by atoms with Gasteiger partial charge in [-0.3, -0.25) is 4.79 Å². The fourth-order valence-corrected chi connectivity index (χ4v) is 3.17. The molecule has 0 atom stereocenters. The van der Waals surface area contributed by atoms with Crippen LogP contribution >= 0.6 is 0 Å². The van der Waals surface area contributed by atoms with Gasteiger partial charge in [-0.05, 0) is 18.9 Å². The number of ketones is 1. The first-order chi connectivity index (χ1) is 11.4. The molecule has 1 aliphatic heterocycles. The Morgan fingerprint density at radius 1 is 1.29 bits per heavy atom. The average molecular weight is 339 g/mol. The summed E-state index contributed by atoms with van der Waals surface area (Å²) < 4.78 is 31.9. The van der Waals surface area contributed by atoms with Gasteiger partial charge in [-0.25, -0.2) is 13.8 Å². The molecular formula is C17H23F2N3O2. The van der Waals surface area contributed by atoms with E-state index in [1.54, 1.807) is 6.07 Å². The van der Waals surface area contributed by atoms with E-state index in [0.717, 1.165) is 18.8 Å². The van der Waals surface area contributed by atoms with Gasteiger partial charge in [0.1, 0.15) is 11.5 Å². The van der Waals surface area contributed by atoms with Gasteiger partial charge >= 0.3 is 0 Å². The first-order valence-electron chi connectivity index (χ1n) is 8.43. The summed E-state index contributed by atoms with van der Waals surface area (Å²) in [5.41, 5.74) is 1.31. The molecule has 2 aliphatic rings. The zero-order chi connectivity index (χ0) is 17.2. The van der Waals surface area contributed by atoms with Crippen LogP contribution in [0.4, 0.5) is 20.3 Å². The zero-order valence-electron chi connectivity index (χ0n) is 13.9. The van der Waals surface area contributed by atoms with Crippen molar-refractivity contribution in [1.82, 2.24) is 4.98 Å². The predicted octanol–water partition coefficient (Wildman–Crippen LogP) is 3.11. The maximum atomic E-state index is 13.3. The number of anilines is 2. The summed E-state index contributed by atoms with van der Waals surface area (Å²) in [6.45, 7) is 4.31. The number of carbonyl (C=O) groups excluding carboxylic acids is 1. The highest BCUT2D eigenvalue weighted by atomic mass is 19.3. The minimum absolute atomic E-state index is 0.0307. The molecule has 24 heavy (non-hydrogen) atoms. The van der Waals surface area contributed by atoms with Gasteiger partial charge in [0, 0.05) is 50.7 Å². The smallest absolute Gasteiger partial charge is 0.248 e. The van der Waals surface area contributed by atoms with Crippen molar-refractivity contribution >= 4 is 17.3 Å². The Labute approximate surface area is 140 Å². The van der Waals surface area contributed by atoms with E-state index in [0.29, 0.717) is 37.6 Å². The molecule has 0 unspecified atom stereocenters. The highest BCUT2D eigenvalue weighted by Gasteiger charge is 2.35. The zero-order valence-corrected chi connectivity index (χ0v) is 13.9. The van der Waals surface area contributed by atoms with E-state index in [2.05, 4.69) is 15.2 Å². The highest BCUT2D eigenvalue weighted by Crippen LogP contribution is 2.34. The summed E-state index contributed by atoms with van der Waals surface area (Å²) >= 11 is 0. The first-order valence-corrected chi connectivity index (χ1v) is 8.43. The molecule has 3 rings (SSSR count). The van der Waals surface area contributed by atoms with Crippen LogP contribution in [0, 0.1) is 0 Å². The van der Waals surface area contributed by atoms with Crippen LogP contribution in [-0.2, 0) is 4.74 Å². The van der Waals surface area contributed by atoms with Crippen molar-refractivity contribution in [1.29, 1.82) is 0 Å². The quantitative estimate of drug-likeness (QED) is 0.854. The molecule has 0 spiro atoms. The summed E-state index contributed by atoms with van der Waals surface area (Å²) in [6, 6.07) is 3.65. The van der Waals surface area contributed by atoms with Crippen LogP contribution in [0.5, 0.6) is 0 Å². The number of Topliss-reactive ketones (excluding diaryl/α,β-unsaturated/α-hetero) is 1. The number of ether oxygens (including phenoxy) is 1. The third-order valence-electron chi connectivity index (χ3n) is 4.62. The van der Waals surface area contributed by atoms with Crippen LogP contribution in [0.3, 0.4) is 0 Å². The lowest BCUT2D eigenvalue weighted by atomic mass is 9.92. The molecule has 1 aromatic heterocycles. The van der Waals surface area contributed by atoms with Crippen molar-refractivity contribution in [2.45, 2.75) is 44.6 Å². The Morgan fingerprint density at radius 3 is 2.58 bits per heavy atom. The third kappa shape index (κ3) is 4.20. The lowest BCUT2D eigenvalue weighted by molar-refractivity contribution is -0.0361. The molecule has 2 fully saturated rings. The molecule has 0 aromatic carbocycles. The van der Waals surface area contributed by atoms with Gasteiger partial charge < -0.3 is 15.0 Å². The Bertz CT molecular complexity index is 593. The fraction of sp³-hybridized carbons (Fsp3) is 0.647. The summed E-state index contributed by atoms with van der Waals surface area (Å²) in [5, 5.41) is 3.24. The standard InChI is InChI=1S/C17H23F2N3O2/c1-12(23)15-10-14(22-6-8-24-9-7-22)11-16(21-15)20-13-2-4-17(18,19)5-3-13/h10-11,13H,2-9H2,1H3,(H,20,21). The molecule has 0 bridgehead atoms. The molecule has 1 N–H and O–H groups in total. The topological polar surface area (TPSA) is 54.5 Å². The SMILES string of the molecule is CC(=O)c1cc(N2CCOCC2)cc(NC2CCC(F)(F)CC2)n1. The molecule has 1 aliphatic carbocycles. The van der Waals surface area contributed by atoms with E-state index in [1.807, 2.05) is 6.07 Å². The van der Waals surface area contributed by atoms with E-state index < -0.39 is 5.92 Å². The molecule has 1 saturated carbocycles. The number of halogens is 2. The van der Waals surface area contributed by atoms with E-state index in [-0.39, 0.29) is 24.7 Å². The molecular weight excluding hydrogens is 316 g/mol.